The van der Waals surface area contributed by atoms with Gasteiger partial charge in [0.2, 0.25) is 0 Å². The SMILES string of the molecule is CC(C)C1OC(C2CCCC2)CC1C(=O)O. The lowest BCUT2D eigenvalue weighted by Crippen LogP contribution is -2.28. The molecule has 0 aromatic heterocycles. The van der Waals surface area contributed by atoms with E-state index in [2.05, 4.69) is 13.8 Å². The number of ether oxygens (including phenoxy) is 1. The molecule has 2 rings (SSSR count). The third kappa shape index (κ3) is 2.24. The number of carboxylic acid groups (broad SMARTS) is 1. The second-order valence-electron chi connectivity index (χ2n) is 5.61. The van der Waals surface area contributed by atoms with Gasteiger partial charge in [0.15, 0.2) is 0 Å². The van der Waals surface area contributed by atoms with Gasteiger partial charge in [-0.1, -0.05) is 26.7 Å². The molecule has 16 heavy (non-hydrogen) atoms. The molecule has 3 unspecified atom stereocenters. The lowest BCUT2D eigenvalue weighted by Gasteiger charge is -2.21. The molecule has 0 radical (unpaired) electrons. The van der Waals surface area contributed by atoms with E-state index in [0.29, 0.717) is 11.8 Å². The zero-order chi connectivity index (χ0) is 11.7. The Labute approximate surface area is 97.2 Å². The van der Waals surface area contributed by atoms with Gasteiger partial charge in [-0.15, -0.1) is 0 Å². The fraction of sp³-hybridized carbons (Fsp3) is 0.923. The monoisotopic (exact) mass is 226 g/mol. The van der Waals surface area contributed by atoms with Crippen molar-refractivity contribution in [2.75, 3.05) is 0 Å². The fourth-order valence-corrected chi connectivity index (χ4v) is 3.23. The molecule has 0 amide bonds. The van der Waals surface area contributed by atoms with Gasteiger partial charge in [-0.25, -0.2) is 0 Å². The highest BCUT2D eigenvalue weighted by Gasteiger charge is 2.44. The smallest absolute Gasteiger partial charge is 0.309 e. The molecular formula is C13H22O3. The summed E-state index contributed by atoms with van der Waals surface area (Å²) in [6.07, 6.45) is 5.87. The van der Waals surface area contributed by atoms with Crippen molar-refractivity contribution in [3.05, 3.63) is 0 Å². The Morgan fingerprint density at radius 1 is 1.31 bits per heavy atom. The Morgan fingerprint density at radius 2 is 1.94 bits per heavy atom. The molecule has 3 atom stereocenters. The van der Waals surface area contributed by atoms with Gasteiger partial charge >= 0.3 is 5.97 Å². The summed E-state index contributed by atoms with van der Waals surface area (Å²) in [5.74, 6) is -0.0529. The second kappa shape index (κ2) is 4.74. The molecular weight excluding hydrogens is 204 g/mol. The molecule has 1 heterocycles. The summed E-state index contributed by atoms with van der Waals surface area (Å²) in [5, 5.41) is 9.21. The molecule has 1 saturated heterocycles. The van der Waals surface area contributed by atoms with Crippen LogP contribution in [0.4, 0.5) is 0 Å². The van der Waals surface area contributed by atoms with Gasteiger partial charge in [0.05, 0.1) is 18.1 Å². The van der Waals surface area contributed by atoms with E-state index in [-0.39, 0.29) is 18.1 Å². The number of carboxylic acids is 1. The van der Waals surface area contributed by atoms with Crippen LogP contribution in [0, 0.1) is 17.8 Å². The maximum Gasteiger partial charge on any atom is 0.309 e. The maximum absolute atomic E-state index is 11.2. The Morgan fingerprint density at radius 3 is 2.38 bits per heavy atom. The standard InChI is InChI=1S/C13H22O3/c1-8(2)12-10(13(14)15)7-11(16-12)9-5-3-4-6-9/h8-12H,3-7H2,1-2H3,(H,14,15). The van der Waals surface area contributed by atoms with Gasteiger partial charge in [0, 0.05) is 0 Å². The van der Waals surface area contributed by atoms with Crippen molar-refractivity contribution >= 4 is 5.97 Å². The first-order valence-electron chi connectivity index (χ1n) is 6.48. The molecule has 2 aliphatic rings. The summed E-state index contributed by atoms with van der Waals surface area (Å²) >= 11 is 0. The predicted molar refractivity (Wildman–Crippen MR) is 61.2 cm³/mol. The van der Waals surface area contributed by atoms with Crippen LogP contribution in [-0.2, 0) is 9.53 Å². The van der Waals surface area contributed by atoms with Gasteiger partial charge in [-0.05, 0) is 31.1 Å². The Bertz CT molecular complexity index is 256. The van der Waals surface area contributed by atoms with Gasteiger partial charge in [0.1, 0.15) is 0 Å². The third-order valence-electron chi connectivity index (χ3n) is 4.11. The number of hydrogen-bond donors (Lipinski definition) is 1. The highest BCUT2D eigenvalue weighted by atomic mass is 16.5. The quantitative estimate of drug-likeness (QED) is 0.804. The van der Waals surface area contributed by atoms with Crippen LogP contribution in [0.15, 0.2) is 0 Å². The highest BCUT2D eigenvalue weighted by Crippen LogP contribution is 2.40. The molecule has 2 fully saturated rings. The van der Waals surface area contributed by atoms with Crippen LogP contribution in [0.3, 0.4) is 0 Å². The van der Waals surface area contributed by atoms with Gasteiger partial charge < -0.3 is 9.84 Å². The third-order valence-corrected chi connectivity index (χ3v) is 4.11. The molecule has 1 aliphatic heterocycles. The normalized spacial score (nSPS) is 36.1. The molecule has 1 saturated carbocycles. The van der Waals surface area contributed by atoms with Gasteiger partial charge in [-0.2, -0.15) is 0 Å². The first-order chi connectivity index (χ1) is 7.59. The molecule has 0 spiro atoms. The van der Waals surface area contributed by atoms with Crippen molar-refractivity contribution in [1.82, 2.24) is 0 Å². The number of carbonyl (C=O) groups is 1. The maximum atomic E-state index is 11.2. The van der Waals surface area contributed by atoms with Crippen molar-refractivity contribution in [3.63, 3.8) is 0 Å². The van der Waals surface area contributed by atoms with E-state index in [1.165, 1.54) is 25.7 Å². The van der Waals surface area contributed by atoms with E-state index in [1.54, 1.807) is 0 Å². The number of aliphatic carboxylic acids is 1. The fourth-order valence-electron chi connectivity index (χ4n) is 3.23. The van der Waals surface area contributed by atoms with Gasteiger partial charge in [-0.3, -0.25) is 4.79 Å². The van der Waals surface area contributed by atoms with Crippen LogP contribution in [0.5, 0.6) is 0 Å². The minimum absolute atomic E-state index is 0.0805. The van der Waals surface area contributed by atoms with E-state index < -0.39 is 5.97 Å². The zero-order valence-electron chi connectivity index (χ0n) is 10.2. The first-order valence-corrected chi connectivity index (χ1v) is 6.48. The van der Waals surface area contributed by atoms with Crippen molar-refractivity contribution in [1.29, 1.82) is 0 Å². The van der Waals surface area contributed by atoms with Crippen LogP contribution in [0.2, 0.25) is 0 Å². The molecule has 1 aliphatic carbocycles. The molecule has 0 aromatic carbocycles. The zero-order valence-corrected chi connectivity index (χ0v) is 10.2. The summed E-state index contributed by atoms with van der Waals surface area (Å²) in [5.41, 5.74) is 0. The topological polar surface area (TPSA) is 46.5 Å². The average molecular weight is 226 g/mol. The summed E-state index contributed by atoms with van der Waals surface area (Å²) in [6.45, 7) is 4.11. The molecule has 3 heteroatoms. The number of hydrogen-bond acceptors (Lipinski definition) is 2. The van der Waals surface area contributed by atoms with Crippen LogP contribution in [0.1, 0.15) is 46.0 Å². The number of rotatable bonds is 3. The highest BCUT2D eigenvalue weighted by molar-refractivity contribution is 5.71. The lowest BCUT2D eigenvalue weighted by atomic mass is 9.89. The molecule has 92 valence electrons. The van der Waals surface area contributed by atoms with Crippen LogP contribution < -0.4 is 0 Å². The van der Waals surface area contributed by atoms with E-state index >= 15 is 0 Å². The largest absolute Gasteiger partial charge is 0.481 e. The predicted octanol–water partition coefficient (Wildman–Crippen LogP) is 2.69. The van der Waals surface area contributed by atoms with Crippen LogP contribution >= 0.6 is 0 Å². The first kappa shape index (κ1) is 11.9. The molecule has 1 N–H and O–H groups in total. The Hall–Kier alpha value is -0.570. The minimum atomic E-state index is -0.681. The van der Waals surface area contributed by atoms with Crippen molar-refractivity contribution < 1.29 is 14.6 Å². The van der Waals surface area contributed by atoms with E-state index in [0.717, 1.165) is 6.42 Å². The van der Waals surface area contributed by atoms with Crippen LogP contribution in [0.25, 0.3) is 0 Å². The average Bonchev–Trinajstić information content (AvgIpc) is 2.86. The van der Waals surface area contributed by atoms with Crippen molar-refractivity contribution in [3.8, 4) is 0 Å². The van der Waals surface area contributed by atoms with E-state index in [4.69, 9.17) is 4.74 Å². The van der Waals surface area contributed by atoms with Crippen molar-refractivity contribution in [2.24, 2.45) is 17.8 Å². The summed E-state index contributed by atoms with van der Waals surface area (Å²) in [6, 6.07) is 0. The van der Waals surface area contributed by atoms with E-state index in [1.807, 2.05) is 0 Å². The lowest BCUT2D eigenvalue weighted by molar-refractivity contribution is -0.144. The molecule has 0 aromatic rings. The Kier molecular flexibility index (Phi) is 3.53. The van der Waals surface area contributed by atoms with Gasteiger partial charge in [0.25, 0.3) is 0 Å². The summed E-state index contributed by atoms with van der Waals surface area (Å²) < 4.78 is 6.00. The minimum Gasteiger partial charge on any atom is -0.481 e. The molecule has 3 nitrogen and oxygen atoms in total. The Balaban J connectivity index is 2.02. The summed E-state index contributed by atoms with van der Waals surface area (Å²) in [4.78, 5) is 11.2. The molecule has 0 bridgehead atoms. The van der Waals surface area contributed by atoms with E-state index in [9.17, 15) is 9.90 Å². The second-order valence-corrected chi connectivity index (χ2v) is 5.61. The summed E-state index contributed by atoms with van der Waals surface area (Å²) in [7, 11) is 0. The van der Waals surface area contributed by atoms with Crippen molar-refractivity contribution in [2.45, 2.75) is 58.2 Å². The van der Waals surface area contributed by atoms with Crippen LogP contribution in [-0.4, -0.2) is 23.3 Å².